The molecule has 4 heteroatoms. The molecule has 0 atom stereocenters. The summed E-state index contributed by atoms with van der Waals surface area (Å²) in [6, 6.07) is 9.96. The van der Waals surface area contributed by atoms with Crippen LogP contribution in [0.4, 0.5) is 14.5 Å². The third kappa shape index (κ3) is 2.53. The van der Waals surface area contributed by atoms with Crippen LogP contribution in [0, 0.1) is 11.6 Å². The first kappa shape index (κ1) is 12.2. The van der Waals surface area contributed by atoms with Crippen LogP contribution in [0.2, 0.25) is 0 Å². The third-order valence-corrected chi connectivity index (χ3v) is 2.59. The average molecular weight is 247 g/mol. The van der Waals surface area contributed by atoms with Gasteiger partial charge in [0.25, 0.3) is 0 Å². The van der Waals surface area contributed by atoms with Crippen LogP contribution in [-0.2, 0) is 6.42 Å². The first-order chi connectivity index (χ1) is 8.58. The number of rotatable bonds is 3. The van der Waals surface area contributed by atoms with Crippen LogP contribution < -0.4 is 5.73 Å². The zero-order valence-electron chi connectivity index (χ0n) is 9.49. The maximum absolute atomic E-state index is 13.4. The minimum atomic E-state index is -0.838. The predicted octanol–water partition coefficient (Wildman–Crippen LogP) is 2.97. The minimum Gasteiger partial charge on any atom is -0.399 e. The Labute approximate surface area is 103 Å². The van der Waals surface area contributed by atoms with Crippen LogP contribution in [0.15, 0.2) is 42.5 Å². The Kier molecular flexibility index (Phi) is 3.37. The first-order valence-electron chi connectivity index (χ1n) is 5.39. The molecule has 2 nitrogen and oxygen atoms in total. The molecule has 0 radical (unpaired) electrons. The fraction of sp³-hybridized carbons (Fsp3) is 0.0714. The van der Waals surface area contributed by atoms with Crippen molar-refractivity contribution in [2.24, 2.45) is 0 Å². The number of hydrogen-bond acceptors (Lipinski definition) is 2. The lowest BCUT2D eigenvalue weighted by Crippen LogP contribution is -2.09. The van der Waals surface area contributed by atoms with Crippen molar-refractivity contribution in [1.82, 2.24) is 0 Å². The minimum absolute atomic E-state index is 0.0574. The quantitative estimate of drug-likeness (QED) is 0.669. The van der Waals surface area contributed by atoms with Gasteiger partial charge in [0.1, 0.15) is 11.6 Å². The van der Waals surface area contributed by atoms with Gasteiger partial charge in [-0.25, -0.2) is 8.78 Å². The van der Waals surface area contributed by atoms with Gasteiger partial charge in [0.05, 0.1) is 5.56 Å². The summed E-state index contributed by atoms with van der Waals surface area (Å²) in [6.45, 7) is 0. The van der Waals surface area contributed by atoms with Crippen LogP contribution in [0.5, 0.6) is 0 Å². The zero-order valence-corrected chi connectivity index (χ0v) is 9.49. The molecule has 0 aliphatic carbocycles. The largest absolute Gasteiger partial charge is 0.399 e. The standard InChI is InChI=1S/C14H11F2NO/c15-11-2-1-3-12(16)14(11)13(18)8-9-4-6-10(17)7-5-9/h1-7H,8,17H2. The second kappa shape index (κ2) is 4.96. The number of hydrogen-bond donors (Lipinski definition) is 1. The molecule has 0 unspecified atom stereocenters. The second-order valence-corrected chi connectivity index (χ2v) is 3.94. The number of nitrogens with two attached hydrogens (primary N) is 1. The average Bonchev–Trinajstić information content (AvgIpc) is 2.32. The molecular formula is C14H11F2NO. The van der Waals surface area contributed by atoms with Crippen LogP contribution in [0.3, 0.4) is 0 Å². The molecule has 2 N–H and O–H groups in total. The summed E-state index contributed by atoms with van der Waals surface area (Å²) in [5.41, 5.74) is 6.26. The highest BCUT2D eigenvalue weighted by Crippen LogP contribution is 2.16. The Balaban J connectivity index is 2.25. The highest BCUT2D eigenvalue weighted by Gasteiger charge is 2.16. The van der Waals surface area contributed by atoms with E-state index in [4.69, 9.17) is 5.73 Å². The molecule has 2 rings (SSSR count). The van der Waals surface area contributed by atoms with E-state index in [-0.39, 0.29) is 6.42 Å². The molecule has 0 aromatic heterocycles. The molecule has 0 amide bonds. The second-order valence-electron chi connectivity index (χ2n) is 3.94. The van der Waals surface area contributed by atoms with Gasteiger partial charge in [0, 0.05) is 12.1 Å². The maximum atomic E-state index is 13.4. The molecule has 0 saturated carbocycles. The summed E-state index contributed by atoms with van der Waals surface area (Å²) in [6.07, 6.45) is -0.0574. The van der Waals surface area contributed by atoms with Crippen molar-refractivity contribution in [1.29, 1.82) is 0 Å². The number of ketones is 1. The van der Waals surface area contributed by atoms with Crippen molar-refractivity contribution < 1.29 is 13.6 Å². The number of nitrogen functional groups attached to an aromatic ring is 1. The zero-order chi connectivity index (χ0) is 13.1. The molecule has 0 aliphatic rings. The summed E-state index contributed by atoms with van der Waals surface area (Å²) in [4.78, 5) is 11.8. The van der Waals surface area contributed by atoms with Crippen LogP contribution in [-0.4, -0.2) is 5.78 Å². The molecule has 0 fully saturated rings. The van der Waals surface area contributed by atoms with Gasteiger partial charge in [0.15, 0.2) is 5.78 Å². The van der Waals surface area contributed by atoms with Crippen molar-refractivity contribution in [2.75, 3.05) is 5.73 Å². The van der Waals surface area contributed by atoms with E-state index < -0.39 is 23.0 Å². The molecule has 92 valence electrons. The van der Waals surface area contributed by atoms with Crippen molar-refractivity contribution in [3.8, 4) is 0 Å². The molecule has 0 saturated heterocycles. The van der Waals surface area contributed by atoms with Crippen LogP contribution in [0.1, 0.15) is 15.9 Å². The first-order valence-corrected chi connectivity index (χ1v) is 5.39. The van der Waals surface area contributed by atoms with Gasteiger partial charge in [-0.15, -0.1) is 0 Å². The van der Waals surface area contributed by atoms with E-state index in [1.54, 1.807) is 24.3 Å². The maximum Gasteiger partial charge on any atom is 0.173 e. The summed E-state index contributed by atoms with van der Waals surface area (Å²) in [7, 11) is 0. The predicted molar refractivity (Wildman–Crippen MR) is 65.2 cm³/mol. The SMILES string of the molecule is Nc1ccc(CC(=O)c2c(F)cccc2F)cc1. The van der Waals surface area contributed by atoms with E-state index in [1.165, 1.54) is 6.07 Å². The fourth-order valence-electron chi connectivity index (χ4n) is 1.67. The monoisotopic (exact) mass is 247 g/mol. The highest BCUT2D eigenvalue weighted by atomic mass is 19.1. The van der Waals surface area contributed by atoms with E-state index in [9.17, 15) is 13.6 Å². The van der Waals surface area contributed by atoms with Gasteiger partial charge in [0.2, 0.25) is 0 Å². The molecule has 0 spiro atoms. The normalized spacial score (nSPS) is 10.3. The van der Waals surface area contributed by atoms with E-state index in [1.807, 2.05) is 0 Å². The third-order valence-electron chi connectivity index (χ3n) is 2.59. The van der Waals surface area contributed by atoms with Crippen LogP contribution in [0.25, 0.3) is 0 Å². The summed E-state index contributed by atoms with van der Waals surface area (Å²) >= 11 is 0. The molecule has 0 heterocycles. The Morgan fingerprint density at radius 2 is 1.56 bits per heavy atom. The fourth-order valence-corrected chi connectivity index (χ4v) is 1.67. The molecule has 18 heavy (non-hydrogen) atoms. The van der Waals surface area contributed by atoms with Crippen molar-refractivity contribution >= 4 is 11.5 Å². The van der Waals surface area contributed by atoms with Gasteiger partial charge in [-0.3, -0.25) is 4.79 Å². The van der Waals surface area contributed by atoms with Gasteiger partial charge < -0.3 is 5.73 Å². The van der Waals surface area contributed by atoms with E-state index >= 15 is 0 Å². The number of carbonyl (C=O) groups is 1. The molecule has 2 aromatic rings. The lowest BCUT2D eigenvalue weighted by molar-refractivity contribution is 0.0985. The Morgan fingerprint density at radius 3 is 2.11 bits per heavy atom. The van der Waals surface area contributed by atoms with Crippen molar-refractivity contribution in [3.05, 3.63) is 65.2 Å². The van der Waals surface area contributed by atoms with E-state index in [0.717, 1.165) is 12.1 Å². The molecule has 0 aliphatic heterocycles. The van der Waals surface area contributed by atoms with E-state index in [0.29, 0.717) is 11.3 Å². The Hall–Kier alpha value is -2.23. The number of anilines is 1. The smallest absolute Gasteiger partial charge is 0.173 e. The topological polar surface area (TPSA) is 43.1 Å². The number of carbonyl (C=O) groups excluding carboxylic acids is 1. The molecule has 0 bridgehead atoms. The summed E-state index contributed by atoms with van der Waals surface area (Å²) in [5, 5.41) is 0. The number of halogens is 2. The summed E-state index contributed by atoms with van der Waals surface area (Å²) < 4.78 is 26.8. The lowest BCUT2D eigenvalue weighted by Gasteiger charge is -2.04. The number of Topliss-reactive ketones (excluding diaryl/α,β-unsaturated/α-hetero) is 1. The van der Waals surface area contributed by atoms with Gasteiger partial charge >= 0.3 is 0 Å². The van der Waals surface area contributed by atoms with Gasteiger partial charge in [-0.2, -0.15) is 0 Å². The lowest BCUT2D eigenvalue weighted by atomic mass is 10.0. The Bertz CT molecular complexity index is 559. The Morgan fingerprint density at radius 1 is 1.00 bits per heavy atom. The van der Waals surface area contributed by atoms with Gasteiger partial charge in [-0.1, -0.05) is 18.2 Å². The number of benzene rings is 2. The van der Waals surface area contributed by atoms with E-state index in [2.05, 4.69) is 0 Å². The highest BCUT2D eigenvalue weighted by molar-refractivity contribution is 5.98. The van der Waals surface area contributed by atoms with Crippen molar-refractivity contribution in [3.63, 3.8) is 0 Å². The van der Waals surface area contributed by atoms with Crippen molar-refractivity contribution in [2.45, 2.75) is 6.42 Å². The van der Waals surface area contributed by atoms with Gasteiger partial charge in [-0.05, 0) is 29.8 Å². The van der Waals surface area contributed by atoms with Crippen LogP contribution >= 0.6 is 0 Å². The molecular weight excluding hydrogens is 236 g/mol. The summed E-state index contributed by atoms with van der Waals surface area (Å²) in [5.74, 6) is -2.26. The molecule has 2 aromatic carbocycles.